The molecule has 1 atom stereocenters. The Bertz CT molecular complexity index is 752. The van der Waals surface area contributed by atoms with E-state index < -0.39 is 17.5 Å². The van der Waals surface area contributed by atoms with E-state index in [0.717, 1.165) is 22.3 Å². The Labute approximate surface area is 140 Å². The summed E-state index contributed by atoms with van der Waals surface area (Å²) in [6, 6.07) is 16.0. The number of carbonyl (C=O) groups is 2. The highest BCUT2D eigenvalue weighted by atomic mass is 16.5. The van der Waals surface area contributed by atoms with Gasteiger partial charge >= 0.3 is 11.9 Å². The van der Waals surface area contributed by atoms with Crippen molar-refractivity contribution < 1.29 is 19.4 Å². The molecule has 0 saturated carbocycles. The average Bonchev–Trinajstić information content (AvgIpc) is 2.86. The molecule has 0 aliphatic heterocycles. The number of aliphatic carboxylic acids is 1. The molecule has 0 saturated heterocycles. The molecule has 3 rings (SSSR count). The minimum absolute atomic E-state index is 0.0461. The zero-order valence-electron chi connectivity index (χ0n) is 13.4. The Morgan fingerprint density at radius 2 is 1.58 bits per heavy atom. The molecular formula is C19H19NO4. The lowest BCUT2D eigenvalue weighted by molar-refractivity contribution is -0.152. The molecule has 5 nitrogen and oxygen atoms in total. The third-order valence-corrected chi connectivity index (χ3v) is 4.37. The first-order valence-corrected chi connectivity index (χ1v) is 7.76. The molecule has 0 amide bonds. The first-order chi connectivity index (χ1) is 11.4. The number of benzene rings is 2. The zero-order valence-corrected chi connectivity index (χ0v) is 13.4. The van der Waals surface area contributed by atoms with Crippen molar-refractivity contribution in [2.75, 3.05) is 6.61 Å². The van der Waals surface area contributed by atoms with Gasteiger partial charge in [-0.05, 0) is 29.2 Å². The summed E-state index contributed by atoms with van der Waals surface area (Å²) in [6.45, 7) is 1.47. The minimum atomic E-state index is -1.62. The lowest BCUT2D eigenvalue weighted by Crippen LogP contribution is -2.46. The first kappa shape index (κ1) is 16.2. The molecule has 2 aromatic carbocycles. The van der Waals surface area contributed by atoms with Crippen LogP contribution >= 0.6 is 0 Å². The Balaban J connectivity index is 1.76. The lowest BCUT2D eigenvalue weighted by atomic mass is 9.97. The van der Waals surface area contributed by atoms with Gasteiger partial charge in [-0.15, -0.1) is 0 Å². The van der Waals surface area contributed by atoms with Gasteiger partial charge in [-0.1, -0.05) is 48.5 Å². The highest BCUT2D eigenvalue weighted by molar-refractivity contribution is 5.85. The first-order valence-electron chi connectivity index (χ1n) is 7.76. The second-order valence-electron chi connectivity index (χ2n) is 6.31. The number of hydrogen-bond acceptors (Lipinski definition) is 4. The third kappa shape index (κ3) is 2.90. The number of carboxylic acid groups (broad SMARTS) is 1. The van der Waals surface area contributed by atoms with Crippen molar-refractivity contribution in [2.24, 2.45) is 5.73 Å². The van der Waals surface area contributed by atoms with Gasteiger partial charge in [0, 0.05) is 5.92 Å². The van der Waals surface area contributed by atoms with Crippen molar-refractivity contribution in [3.05, 3.63) is 59.7 Å². The van der Waals surface area contributed by atoms with Gasteiger partial charge in [-0.25, -0.2) is 0 Å². The normalized spacial score (nSPS) is 15.2. The maximum absolute atomic E-state index is 12.0. The zero-order chi connectivity index (χ0) is 17.3. The van der Waals surface area contributed by atoms with Crippen molar-refractivity contribution in [3.8, 4) is 11.1 Å². The van der Waals surface area contributed by atoms with Crippen molar-refractivity contribution in [1.29, 1.82) is 0 Å². The summed E-state index contributed by atoms with van der Waals surface area (Å²) in [6.07, 6.45) is -0.363. The predicted octanol–water partition coefficient (Wildman–Crippen LogP) is 2.53. The van der Waals surface area contributed by atoms with Crippen LogP contribution in [0.15, 0.2) is 48.5 Å². The topological polar surface area (TPSA) is 89.6 Å². The molecule has 5 heteroatoms. The number of carbonyl (C=O) groups excluding carboxylic acids is 1. The molecule has 0 heterocycles. The Morgan fingerprint density at radius 3 is 2.08 bits per heavy atom. The molecular weight excluding hydrogens is 306 g/mol. The van der Waals surface area contributed by atoms with Crippen LogP contribution < -0.4 is 5.73 Å². The molecule has 2 aromatic rings. The maximum atomic E-state index is 12.0. The second-order valence-corrected chi connectivity index (χ2v) is 6.31. The van der Waals surface area contributed by atoms with E-state index in [2.05, 4.69) is 12.1 Å². The van der Waals surface area contributed by atoms with Gasteiger partial charge in [0.15, 0.2) is 0 Å². The quantitative estimate of drug-likeness (QED) is 0.825. The molecule has 124 valence electrons. The van der Waals surface area contributed by atoms with Gasteiger partial charge in [-0.2, -0.15) is 0 Å². The van der Waals surface area contributed by atoms with Crippen LogP contribution in [0.4, 0.5) is 0 Å². The van der Waals surface area contributed by atoms with E-state index in [9.17, 15) is 9.59 Å². The van der Waals surface area contributed by atoms with E-state index in [-0.39, 0.29) is 18.9 Å². The van der Waals surface area contributed by atoms with Crippen LogP contribution in [0, 0.1) is 0 Å². The molecule has 0 aromatic heterocycles. The van der Waals surface area contributed by atoms with E-state index in [4.69, 9.17) is 15.6 Å². The highest BCUT2D eigenvalue weighted by Gasteiger charge is 2.33. The van der Waals surface area contributed by atoms with Crippen LogP contribution in [0.1, 0.15) is 30.4 Å². The fourth-order valence-corrected chi connectivity index (χ4v) is 3.04. The summed E-state index contributed by atoms with van der Waals surface area (Å²) in [4.78, 5) is 23.0. The van der Waals surface area contributed by atoms with E-state index in [1.54, 1.807) is 0 Å². The van der Waals surface area contributed by atoms with Crippen LogP contribution in [0.2, 0.25) is 0 Å². The lowest BCUT2D eigenvalue weighted by Gasteiger charge is -2.19. The Hall–Kier alpha value is -2.66. The van der Waals surface area contributed by atoms with Gasteiger partial charge in [0.05, 0.1) is 6.42 Å². The number of carboxylic acids is 1. The number of nitrogens with two attached hydrogens (primary N) is 1. The molecule has 0 bridgehead atoms. The monoisotopic (exact) mass is 325 g/mol. The van der Waals surface area contributed by atoms with Gasteiger partial charge in [0.25, 0.3) is 0 Å². The minimum Gasteiger partial charge on any atom is -0.480 e. The summed E-state index contributed by atoms with van der Waals surface area (Å²) < 4.78 is 5.34. The van der Waals surface area contributed by atoms with Crippen molar-refractivity contribution >= 4 is 11.9 Å². The molecule has 0 fully saturated rings. The van der Waals surface area contributed by atoms with E-state index in [0.29, 0.717) is 0 Å². The summed E-state index contributed by atoms with van der Waals surface area (Å²) in [7, 11) is 0. The standard InChI is InChI=1S/C19H19NO4/c1-19(20,18(22)23)10-17(21)24-11-16-14-8-4-2-6-12(14)13-7-3-5-9-15(13)16/h2-9,16H,10-11,20H2,1H3,(H,22,23)/t19-/m0/s1. The highest BCUT2D eigenvalue weighted by Crippen LogP contribution is 2.44. The second kappa shape index (κ2) is 6.09. The predicted molar refractivity (Wildman–Crippen MR) is 89.5 cm³/mol. The summed E-state index contributed by atoms with van der Waals surface area (Å²) >= 11 is 0. The largest absolute Gasteiger partial charge is 0.480 e. The average molecular weight is 325 g/mol. The van der Waals surface area contributed by atoms with Crippen LogP contribution in [-0.2, 0) is 14.3 Å². The van der Waals surface area contributed by atoms with Crippen molar-refractivity contribution in [3.63, 3.8) is 0 Å². The third-order valence-electron chi connectivity index (χ3n) is 4.37. The Morgan fingerprint density at radius 1 is 1.08 bits per heavy atom. The van der Waals surface area contributed by atoms with Gasteiger partial charge < -0.3 is 15.6 Å². The maximum Gasteiger partial charge on any atom is 0.323 e. The molecule has 1 aliphatic carbocycles. The van der Waals surface area contributed by atoms with Crippen LogP contribution in [0.5, 0.6) is 0 Å². The van der Waals surface area contributed by atoms with Crippen molar-refractivity contribution in [2.45, 2.75) is 24.8 Å². The number of rotatable bonds is 5. The summed E-state index contributed by atoms with van der Waals surface area (Å²) in [5, 5.41) is 9.00. The molecule has 3 N–H and O–H groups in total. The number of hydrogen-bond donors (Lipinski definition) is 2. The van der Waals surface area contributed by atoms with Crippen molar-refractivity contribution in [1.82, 2.24) is 0 Å². The number of fused-ring (bicyclic) bond motifs is 3. The SMILES string of the molecule is C[C@](N)(CC(=O)OCC1c2ccccc2-c2ccccc21)C(=O)O. The fraction of sp³-hybridized carbons (Fsp3) is 0.263. The smallest absolute Gasteiger partial charge is 0.323 e. The van der Waals surface area contributed by atoms with Crippen LogP contribution in [0.3, 0.4) is 0 Å². The van der Waals surface area contributed by atoms with Gasteiger partial charge in [-0.3, -0.25) is 9.59 Å². The van der Waals surface area contributed by atoms with Crippen LogP contribution in [0.25, 0.3) is 11.1 Å². The number of esters is 1. The van der Waals surface area contributed by atoms with Crippen LogP contribution in [-0.4, -0.2) is 29.2 Å². The molecule has 0 radical (unpaired) electrons. The molecule has 1 aliphatic rings. The summed E-state index contributed by atoms with van der Waals surface area (Å²) in [5.74, 6) is -1.88. The van der Waals surface area contributed by atoms with E-state index in [1.807, 2.05) is 36.4 Å². The van der Waals surface area contributed by atoms with E-state index in [1.165, 1.54) is 6.92 Å². The summed E-state index contributed by atoms with van der Waals surface area (Å²) in [5.41, 5.74) is 8.48. The van der Waals surface area contributed by atoms with Gasteiger partial charge in [0.2, 0.25) is 0 Å². The molecule has 0 spiro atoms. The Kier molecular flexibility index (Phi) is 4.11. The fourth-order valence-electron chi connectivity index (χ4n) is 3.04. The van der Waals surface area contributed by atoms with Gasteiger partial charge in [0.1, 0.15) is 12.1 Å². The number of ether oxygens (including phenoxy) is 1. The van der Waals surface area contributed by atoms with E-state index >= 15 is 0 Å². The molecule has 24 heavy (non-hydrogen) atoms. The molecule has 0 unspecified atom stereocenters.